The van der Waals surface area contributed by atoms with Gasteiger partial charge in [-0.2, -0.15) is 5.10 Å². The molecule has 2 aromatic carbocycles. The fraction of sp³-hybridized carbons (Fsp3) is 0.0938. The molecule has 0 saturated carbocycles. The highest BCUT2D eigenvalue weighted by atomic mass is 16.1. The number of benzene rings is 2. The van der Waals surface area contributed by atoms with Crippen molar-refractivity contribution in [2.75, 3.05) is 0 Å². The predicted octanol–water partition coefficient (Wildman–Crippen LogP) is 5.54. The van der Waals surface area contributed by atoms with Crippen molar-refractivity contribution < 1.29 is 4.79 Å². The summed E-state index contributed by atoms with van der Waals surface area (Å²) < 4.78 is 1.62. The lowest BCUT2D eigenvalue weighted by atomic mass is 9.96. The van der Waals surface area contributed by atoms with Gasteiger partial charge in [-0.1, -0.05) is 48.2 Å². The molecule has 0 aliphatic rings. The van der Waals surface area contributed by atoms with Crippen LogP contribution < -0.4 is 5.32 Å². The van der Waals surface area contributed by atoms with Gasteiger partial charge in [-0.25, -0.2) is 14.5 Å². The Hall–Kier alpha value is -5.35. The molecule has 0 saturated heterocycles. The summed E-state index contributed by atoms with van der Waals surface area (Å²) in [5, 5.41) is 8.52. The fourth-order valence-electron chi connectivity index (χ4n) is 4.67. The number of pyridine rings is 2. The SMILES string of the molecule is Cc1nn2cccnc2c1C(=O)NC(C)c1nc2cccc(C#Cc3ccncc3)c2cc1-c1ccccc1. The molecule has 1 atom stereocenters. The van der Waals surface area contributed by atoms with E-state index in [0.29, 0.717) is 16.9 Å². The lowest BCUT2D eigenvalue weighted by Gasteiger charge is -2.19. The smallest absolute Gasteiger partial charge is 0.257 e. The molecule has 0 aliphatic carbocycles. The molecule has 0 fully saturated rings. The molecule has 188 valence electrons. The molecule has 6 rings (SSSR count). The maximum Gasteiger partial charge on any atom is 0.257 e. The van der Waals surface area contributed by atoms with Gasteiger partial charge in [0, 0.05) is 46.9 Å². The van der Waals surface area contributed by atoms with Gasteiger partial charge >= 0.3 is 0 Å². The maximum absolute atomic E-state index is 13.5. The van der Waals surface area contributed by atoms with E-state index in [0.717, 1.165) is 38.9 Å². The van der Waals surface area contributed by atoms with E-state index in [9.17, 15) is 4.79 Å². The quantitative estimate of drug-likeness (QED) is 0.316. The third-order valence-electron chi connectivity index (χ3n) is 6.55. The van der Waals surface area contributed by atoms with Gasteiger partial charge in [0.15, 0.2) is 5.65 Å². The highest BCUT2D eigenvalue weighted by Gasteiger charge is 2.23. The number of nitrogens with one attached hydrogen (secondary N) is 1. The van der Waals surface area contributed by atoms with Gasteiger partial charge in [-0.15, -0.1) is 0 Å². The average Bonchev–Trinajstić information content (AvgIpc) is 3.32. The minimum Gasteiger partial charge on any atom is -0.344 e. The molecule has 6 aromatic rings. The van der Waals surface area contributed by atoms with Crippen LogP contribution in [0.25, 0.3) is 27.7 Å². The van der Waals surface area contributed by atoms with Crippen LogP contribution in [0.15, 0.2) is 97.6 Å². The minimum atomic E-state index is -0.387. The molecule has 1 N–H and O–H groups in total. The second-order valence-corrected chi connectivity index (χ2v) is 9.19. The first-order valence-corrected chi connectivity index (χ1v) is 12.6. The number of carbonyl (C=O) groups excluding carboxylic acids is 1. The Kier molecular flexibility index (Phi) is 6.28. The van der Waals surface area contributed by atoms with Gasteiger partial charge < -0.3 is 5.32 Å². The van der Waals surface area contributed by atoms with Crippen molar-refractivity contribution in [2.24, 2.45) is 0 Å². The third kappa shape index (κ3) is 4.72. The fourth-order valence-corrected chi connectivity index (χ4v) is 4.67. The summed E-state index contributed by atoms with van der Waals surface area (Å²) >= 11 is 0. The van der Waals surface area contributed by atoms with Crippen LogP contribution in [0, 0.1) is 18.8 Å². The topological polar surface area (TPSA) is 85.1 Å². The van der Waals surface area contributed by atoms with E-state index in [2.05, 4.69) is 38.3 Å². The molecule has 0 radical (unpaired) electrons. The summed E-state index contributed by atoms with van der Waals surface area (Å²) in [5.74, 6) is 6.28. The molecule has 39 heavy (non-hydrogen) atoms. The lowest BCUT2D eigenvalue weighted by Crippen LogP contribution is -2.28. The Morgan fingerprint density at radius 3 is 2.59 bits per heavy atom. The molecule has 7 nitrogen and oxygen atoms in total. The molecule has 0 spiro atoms. The number of aromatic nitrogens is 5. The summed E-state index contributed by atoms with van der Waals surface area (Å²) in [6.45, 7) is 3.76. The first kappa shape index (κ1) is 24.0. The zero-order valence-electron chi connectivity index (χ0n) is 21.5. The van der Waals surface area contributed by atoms with E-state index < -0.39 is 0 Å². The van der Waals surface area contributed by atoms with Crippen molar-refractivity contribution >= 4 is 22.5 Å². The number of nitrogens with zero attached hydrogens (tertiary/aromatic N) is 5. The second-order valence-electron chi connectivity index (χ2n) is 9.19. The van der Waals surface area contributed by atoms with Crippen LogP contribution in [0.3, 0.4) is 0 Å². The van der Waals surface area contributed by atoms with E-state index in [1.807, 2.05) is 74.5 Å². The molecule has 1 unspecified atom stereocenters. The molecule has 0 aliphatic heterocycles. The normalized spacial score (nSPS) is 11.6. The molecule has 1 amide bonds. The van der Waals surface area contributed by atoms with Crippen molar-refractivity contribution in [3.63, 3.8) is 0 Å². The van der Waals surface area contributed by atoms with E-state index in [1.54, 1.807) is 35.4 Å². The van der Waals surface area contributed by atoms with Crippen LogP contribution >= 0.6 is 0 Å². The van der Waals surface area contributed by atoms with Gasteiger partial charge in [0.25, 0.3) is 5.91 Å². The summed E-state index contributed by atoms with van der Waals surface area (Å²) in [4.78, 5) is 26.9. The zero-order chi connectivity index (χ0) is 26.8. The van der Waals surface area contributed by atoms with Crippen LogP contribution in [0.1, 0.15) is 45.8 Å². The van der Waals surface area contributed by atoms with Gasteiger partial charge in [0.05, 0.1) is 22.9 Å². The molecular weight excluding hydrogens is 484 g/mol. The Balaban J connectivity index is 1.43. The summed E-state index contributed by atoms with van der Waals surface area (Å²) in [6, 6.07) is 23.3. The number of amides is 1. The summed E-state index contributed by atoms with van der Waals surface area (Å²) in [7, 11) is 0. The van der Waals surface area contributed by atoms with E-state index in [-0.39, 0.29) is 11.9 Å². The monoisotopic (exact) mass is 508 g/mol. The summed E-state index contributed by atoms with van der Waals surface area (Å²) in [5.41, 5.74) is 6.88. The van der Waals surface area contributed by atoms with E-state index in [4.69, 9.17) is 4.98 Å². The van der Waals surface area contributed by atoms with Crippen molar-refractivity contribution in [3.05, 3.63) is 126 Å². The highest BCUT2D eigenvalue weighted by Crippen LogP contribution is 2.32. The van der Waals surface area contributed by atoms with E-state index in [1.165, 1.54) is 0 Å². The van der Waals surface area contributed by atoms with Gasteiger partial charge in [0.1, 0.15) is 5.56 Å². The zero-order valence-corrected chi connectivity index (χ0v) is 21.5. The van der Waals surface area contributed by atoms with Crippen LogP contribution in [0.5, 0.6) is 0 Å². The molecule has 7 heteroatoms. The van der Waals surface area contributed by atoms with Gasteiger partial charge in [0.2, 0.25) is 0 Å². The Morgan fingerprint density at radius 1 is 0.949 bits per heavy atom. The summed E-state index contributed by atoms with van der Waals surface area (Å²) in [6.07, 6.45) is 6.90. The van der Waals surface area contributed by atoms with Gasteiger partial charge in [-0.05, 0) is 55.8 Å². The van der Waals surface area contributed by atoms with Crippen molar-refractivity contribution in [1.29, 1.82) is 0 Å². The second kappa shape index (κ2) is 10.2. The number of carbonyl (C=O) groups is 1. The number of aryl methyl sites for hydroxylation is 1. The van der Waals surface area contributed by atoms with Crippen LogP contribution in [-0.4, -0.2) is 30.5 Å². The first-order chi connectivity index (χ1) is 19.1. The standard InChI is InChI=1S/C32H24N6O/c1-21-29(31-34-16-7-19-38(31)37-21)32(39)35-22(2)30-27(24-8-4-3-5-9-24)20-26-25(10-6-11-28(26)36-30)13-12-23-14-17-33-18-15-23/h3-11,14-20,22H,1-2H3,(H,35,39). The molecule has 0 bridgehead atoms. The molecule has 4 heterocycles. The number of fused-ring (bicyclic) bond motifs is 2. The third-order valence-corrected chi connectivity index (χ3v) is 6.55. The predicted molar refractivity (Wildman–Crippen MR) is 151 cm³/mol. The van der Waals surface area contributed by atoms with Crippen LogP contribution in [0.4, 0.5) is 0 Å². The first-order valence-electron chi connectivity index (χ1n) is 12.6. The highest BCUT2D eigenvalue weighted by molar-refractivity contribution is 6.01. The molecule has 4 aromatic heterocycles. The van der Waals surface area contributed by atoms with Gasteiger partial charge in [-0.3, -0.25) is 9.78 Å². The lowest BCUT2D eigenvalue weighted by molar-refractivity contribution is 0.0940. The van der Waals surface area contributed by atoms with Crippen molar-refractivity contribution in [3.8, 4) is 23.0 Å². The Bertz CT molecular complexity index is 1880. The maximum atomic E-state index is 13.5. The van der Waals surface area contributed by atoms with E-state index >= 15 is 0 Å². The van der Waals surface area contributed by atoms with Crippen molar-refractivity contribution in [1.82, 2.24) is 29.9 Å². The van der Waals surface area contributed by atoms with Crippen LogP contribution in [0.2, 0.25) is 0 Å². The Labute approximate surface area is 225 Å². The number of rotatable bonds is 4. The number of hydrogen-bond acceptors (Lipinski definition) is 5. The largest absolute Gasteiger partial charge is 0.344 e. The molecular formula is C32H24N6O. The Morgan fingerprint density at radius 2 is 1.77 bits per heavy atom. The average molecular weight is 509 g/mol. The van der Waals surface area contributed by atoms with Crippen LogP contribution in [-0.2, 0) is 0 Å². The van der Waals surface area contributed by atoms with Crippen molar-refractivity contribution in [2.45, 2.75) is 19.9 Å². The minimum absolute atomic E-state index is 0.244. The number of hydrogen-bond donors (Lipinski definition) is 1.